The first-order chi connectivity index (χ1) is 14.7. The van der Waals surface area contributed by atoms with Crippen molar-refractivity contribution in [2.75, 3.05) is 6.26 Å². The van der Waals surface area contributed by atoms with E-state index in [0.717, 1.165) is 42.2 Å². The Kier molecular flexibility index (Phi) is 6.98. The smallest absolute Gasteiger partial charge is 0.306 e. The molecule has 2 aromatic rings. The molecular weight excluding hydrogens is 414 g/mol. The minimum absolute atomic E-state index is 0.244. The molecular formula is C23H27N3O4S. The van der Waals surface area contributed by atoms with Crippen LogP contribution in [0.5, 0.6) is 5.75 Å². The molecule has 0 unspecified atom stereocenters. The SMILES string of the molecule is CS(=O)(=O)Oc1ccc(-c2ccc(C[C@@H](C#N)NC(=O)C3(N)CCCCC3)cc2)cc1. The average molecular weight is 442 g/mol. The Balaban J connectivity index is 1.62. The quantitative estimate of drug-likeness (QED) is 0.637. The molecule has 1 aliphatic rings. The molecule has 3 rings (SSSR count). The Morgan fingerprint density at radius 1 is 1.10 bits per heavy atom. The number of nitrogens with one attached hydrogen (secondary N) is 1. The van der Waals surface area contributed by atoms with Crippen LogP contribution in [0.25, 0.3) is 11.1 Å². The first kappa shape index (κ1) is 22.8. The maximum Gasteiger partial charge on any atom is 0.306 e. The predicted molar refractivity (Wildman–Crippen MR) is 119 cm³/mol. The summed E-state index contributed by atoms with van der Waals surface area (Å²) >= 11 is 0. The van der Waals surface area contributed by atoms with Crippen LogP contribution < -0.4 is 15.2 Å². The van der Waals surface area contributed by atoms with Crippen LogP contribution >= 0.6 is 0 Å². The van der Waals surface area contributed by atoms with Crippen LogP contribution in [0.1, 0.15) is 37.7 Å². The van der Waals surface area contributed by atoms with Crippen molar-refractivity contribution in [3.8, 4) is 22.9 Å². The lowest BCUT2D eigenvalue weighted by Crippen LogP contribution is -2.57. The minimum atomic E-state index is -3.56. The second-order valence-corrected chi connectivity index (χ2v) is 9.66. The summed E-state index contributed by atoms with van der Waals surface area (Å²) in [5, 5.41) is 12.3. The zero-order valence-electron chi connectivity index (χ0n) is 17.5. The fourth-order valence-electron chi connectivity index (χ4n) is 3.79. The van der Waals surface area contributed by atoms with Crippen LogP contribution in [0.15, 0.2) is 48.5 Å². The summed E-state index contributed by atoms with van der Waals surface area (Å²) in [7, 11) is -3.56. The number of nitrogens with zero attached hydrogens (tertiary/aromatic N) is 1. The fourth-order valence-corrected chi connectivity index (χ4v) is 4.25. The number of hydrogen-bond acceptors (Lipinski definition) is 6. The van der Waals surface area contributed by atoms with Crippen molar-refractivity contribution >= 4 is 16.0 Å². The summed E-state index contributed by atoms with van der Waals surface area (Å²) < 4.78 is 27.3. The van der Waals surface area contributed by atoms with Gasteiger partial charge in [-0.1, -0.05) is 55.7 Å². The van der Waals surface area contributed by atoms with Crippen molar-refractivity contribution in [1.29, 1.82) is 5.26 Å². The third-order valence-electron chi connectivity index (χ3n) is 5.49. The van der Waals surface area contributed by atoms with Gasteiger partial charge in [-0.3, -0.25) is 4.79 Å². The van der Waals surface area contributed by atoms with Crippen LogP contribution in [0.4, 0.5) is 0 Å². The molecule has 3 N–H and O–H groups in total. The second-order valence-electron chi connectivity index (χ2n) is 8.08. The lowest BCUT2D eigenvalue weighted by atomic mass is 9.81. The highest BCUT2D eigenvalue weighted by Gasteiger charge is 2.36. The average Bonchev–Trinajstić information content (AvgIpc) is 2.74. The van der Waals surface area contributed by atoms with Gasteiger partial charge in [0.1, 0.15) is 11.8 Å². The molecule has 1 atom stereocenters. The van der Waals surface area contributed by atoms with E-state index in [1.807, 2.05) is 24.3 Å². The van der Waals surface area contributed by atoms with E-state index in [1.54, 1.807) is 24.3 Å². The van der Waals surface area contributed by atoms with Gasteiger partial charge < -0.3 is 15.2 Å². The molecule has 7 nitrogen and oxygen atoms in total. The van der Waals surface area contributed by atoms with Gasteiger partial charge >= 0.3 is 10.1 Å². The molecule has 1 aliphatic carbocycles. The number of hydrogen-bond donors (Lipinski definition) is 2. The normalized spacial score (nSPS) is 16.7. The van der Waals surface area contributed by atoms with Gasteiger partial charge in [0.05, 0.1) is 17.9 Å². The van der Waals surface area contributed by atoms with Crippen molar-refractivity contribution in [3.05, 3.63) is 54.1 Å². The van der Waals surface area contributed by atoms with Gasteiger partial charge in [0, 0.05) is 6.42 Å². The van der Waals surface area contributed by atoms with E-state index in [0.29, 0.717) is 19.3 Å². The van der Waals surface area contributed by atoms with Crippen molar-refractivity contribution in [2.45, 2.75) is 50.1 Å². The van der Waals surface area contributed by atoms with Crippen LogP contribution in [0, 0.1) is 11.3 Å². The Morgan fingerprint density at radius 2 is 1.65 bits per heavy atom. The van der Waals surface area contributed by atoms with E-state index in [2.05, 4.69) is 11.4 Å². The van der Waals surface area contributed by atoms with Crippen LogP contribution in [0.2, 0.25) is 0 Å². The Morgan fingerprint density at radius 3 is 2.16 bits per heavy atom. The topological polar surface area (TPSA) is 122 Å². The van der Waals surface area contributed by atoms with E-state index in [9.17, 15) is 18.5 Å². The molecule has 31 heavy (non-hydrogen) atoms. The number of rotatable bonds is 7. The van der Waals surface area contributed by atoms with Crippen molar-refractivity contribution in [1.82, 2.24) is 5.32 Å². The van der Waals surface area contributed by atoms with Crippen molar-refractivity contribution < 1.29 is 17.4 Å². The Hall–Kier alpha value is -2.89. The van der Waals surface area contributed by atoms with Crippen LogP contribution in [-0.2, 0) is 21.3 Å². The fraction of sp³-hybridized carbons (Fsp3) is 0.391. The van der Waals surface area contributed by atoms with Gasteiger partial charge in [-0.15, -0.1) is 0 Å². The van der Waals surface area contributed by atoms with Gasteiger partial charge in [-0.25, -0.2) is 0 Å². The molecule has 0 radical (unpaired) electrons. The molecule has 1 fully saturated rings. The first-order valence-electron chi connectivity index (χ1n) is 10.3. The Bertz CT molecular complexity index is 1050. The van der Waals surface area contributed by atoms with Crippen LogP contribution in [-0.4, -0.2) is 32.2 Å². The van der Waals surface area contributed by atoms with Gasteiger partial charge in [0.25, 0.3) is 0 Å². The third-order valence-corrected chi connectivity index (χ3v) is 5.98. The molecule has 0 heterocycles. The van der Waals surface area contributed by atoms with Crippen molar-refractivity contribution in [3.63, 3.8) is 0 Å². The number of nitrogens with two attached hydrogens (primary N) is 1. The van der Waals surface area contributed by atoms with E-state index in [-0.39, 0.29) is 11.7 Å². The maximum absolute atomic E-state index is 12.6. The number of carbonyl (C=O) groups is 1. The third kappa shape index (κ3) is 6.29. The van der Waals surface area contributed by atoms with Gasteiger partial charge in [0.2, 0.25) is 5.91 Å². The largest absolute Gasteiger partial charge is 0.383 e. The Labute approximate surface area is 183 Å². The van der Waals surface area contributed by atoms with Gasteiger partial charge in [0.15, 0.2) is 0 Å². The molecule has 0 saturated heterocycles. The van der Waals surface area contributed by atoms with E-state index in [4.69, 9.17) is 9.92 Å². The summed E-state index contributed by atoms with van der Waals surface area (Å²) in [6.45, 7) is 0. The summed E-state index contributed by atoms with van der Waals surface area (Å²) in [5.41, 5.74) is 8.15. The number of benzene rings is 2. The van der Waals surface area contributed by atoms with Gasteiger partial charge in [-0.2, -0.15) is 13.7 Å². The highest BCUT2D eigenvalue weighted by atomic mass is 32.2. The highest BCUT2D eigenvalue weighted by molar-refractivity contribution is 7.86. The molecule has 0 bridgehead atoms. The summed E-state index contributed by atoms with van der Waals surface area (Å²) in [6, 6.07) is 15.9. The van der Waals surface area contributed by atoms with E-state index >= 15 is 0 Å². The van der Waals surface area contributed by atoms with Gasteiger partial charge in [-0.05, 0) is 41.7 Å². The zero-order chi connectivity index (χ0) is 22.5. The monoisotopic (exact) mass is 441 g/mol. The minimum Gasteiger partial charge on any atom is -0.383 e. The molecule has 0 aliphatic heterocycles. The second kappa shape index (κ2) is 9.50. The molecule has 2 aromatic carbocycles. The summed E-state index contributed by atoms with van der Waals surface area (Å²) in [6.07, 6.45) is 5.65. The van der Waals surface area contributed by atoms with Crippen LogP contribution in [0.3, 0.4) is 0 Å². The predicted octanol–water partition coefficient (Wildman–Crippen LogP) is 2.90. The molecule has 1 saturated carbocycles. The summed E-state index contributed by atoms with van der Waals surface area (Å²) in [5.74, 6) is 0.0119. The standard InChI is InChI=1S/C23H27N3O4S/c1-31(28,29)30-21-11-9-19(10-12-21)18-7-5-17(6-8-18)15-20(16-24)26-22(27)23(25)13-3-2-4-14-23/h5-12,20H,2-4,13-15,25H2,1H3,(H,26,27)/t20-/m0/s1. The first-order valence-corrected chi connectivity index (χ1v) is 12.1. The van der Waals surface area contributed by atoms with E-state index < -0.39 is 21.7 Å². The molecule has 164 valence electrons. The highest BCUT2D eigenvalue weighted by Crippen LogP contribution is 2.26. The van der Waals surface area contributed by atoms with E-state index in [1.165, 1.54) is 0 Å². The lowest BCUT2D eigenvalue weighted by Gasteiger charge is -2.32. The number of nitriles is 1. The molecule has 0 aromatic heterocycles. The maximum atomic E-state index is 12.6. The zero-order valence-corrected chi connectivity index (χ0v) is 18.3. The lowest BCUT2D eigenvalue weighted by molar-refractivity contribution is -0.127. The molecule has 0 spiro atoms. The number of carbonyl (C=O) groups excluding carboxylic acids is 1. The number of amides is 1. The molecule has 8 heteroatoms. The van der Waals surface area contributed by atoms with Crippen molar-refractivity contribution in [2.24, 2.45) is 5.73 Å². The molecule has 1 amide bonds. The summed E-state index contributed by atoms with van der Waals surface area (Å²) in [4.78, 5) is 12.6.